The number of halogens is 3. The maximum Gasteiger partial charge on any atom is 0.338 e. The van der Waals surface area contributed by atoms with Crippen LogP contribution in [0, 0.1) is 12.7 Å². The number of carbonyl (C=O) groups excluding carboxylic acids is 1. The van der Waals surface area contributed by atoms with Crippen molar-refractivity contribution in [1.82, 2.24) is 0 Å². The van der Waals surface area contributed by atoms with E-state index in [4.69, 9.17) is 33.7 Å². The molecule has 6 heteroatoms. The highest BCUT2D eigenvalue weighted by Gasteiger charge is 2.13. The van der Waals surface area contributed by atoms with E-state index in [2.05, 4.69) is 0 Å². The van der Waals surface area contributed by atoms with Crippen molar-refractivity contribution in [2.24, 2.45) is 0 Å². The minimum atomic E-state index is -0.674. The summed E-state index contributed by atoms with van der Waals surface area (Å²) in [5.41, 5.74) is 6.79. The third-order valence-electron chi connectivity index (χ3n) is 2.99. The van der Waals surface area contributed by atoms with Crippen LogP contribution in [0.2, 0.25) is 10.0 Å². The van der Waals surface area contributed by atoms with E-state index in [9.17, 15) is 9.18 Å². The van der Waals surface area contributed by atoms with Gasteiger partial charge >= 0.3 is 5.97 Å². The van der Waals surface area contributed by atoms with E-state index < -0.39 is 11.8 Å². The Hall–Kier alpha value is -1.78. The van der Waals surface area contributed by atoms with E-state index in [-0.39, 0.29) is 17.9 Å². The Morgan fingerprint density at radius 3 is 2.62 bits per heavy atom. The fourth-order valence-corrected chi connectivity index (χ4v) is 2.15. The molecule has 2 aromatic rings. The Kier molecular flexibility index (Phi) is 4.70. The summed E-state index contributed by atoms with van der Waals surface area (Å²) < 4.78 is 18.6. The first kappa shape index (κ1) is 15.6. The minimum Gasteiger partial charge on any atom is -0.457 e. The van der Waals surface area contributed by atoms with Gasteiger partial charge in [0, 0.05) is 26.9 Å². The fourth-order valence-electron chi connectivity index (χ4n) is 1.68. The van der Waals surface area contributed by atoms with E-state index in [0.29, 0.717) is 21.2 Å². The highest BCUT2D eigenvalue weighted by atomic mass is 35.5. The molecule has 0 saturated carbocycles. The zero-order chi connectivity index (χ0) is 15.6. The van der Waals surface area contributed by atoms with Crippen LogP contribution in [0.3, 0.4) is 0 Å². The molecule has 0 bridgehead atoms. The highest BCUT2D eigenvalue weighted by Crippen LogP contribution is 2.23. The van der Waals surface area contributed by atoms with Gasteiger partial charge in [-0.25, -0.2) is 9.18 Å². The molecule has 0 radical (unpaired) electrons. The van der Waals surface area contributed by atoms with Crippen molar-refractivity contribution < 1.29 is 13.9 Å². The zero-order valence-corrected chi connectivity index (χ0v) is 12.6. The average molecular weight is 328 g/mol. The first-order chi connectivity index (χ1) is 9.88. The highest BCUT2D eigenvalue weighted by molar-refractivity contribution is 6.35. The number of nitrogen functional groups attached to an aromatic ring is 1. The lowest BCUT2D eigenvalue weighted by atomic mass is 10.1. The molecule has 0 spiro atoms. The number of ether oxygens (including phenoxy) is 1. The normalized spacial score (nSPS) is 10.5. The molecule has 0 heterocycles. The number of carbonyl (C=O) groups is 1. The molecule has 0 amide bonds. The molecule has 0 saturated heterocycles. The van der Waals surface area contributed by atoms with Crippen LogP contribution in [-0.2, 0) is 11.3 Å². The molecule has 110 valence electrons. The average Bonchev–Trinajstić information content (AvgIpc) is 2.43. The monoisotopic (exact) mass is 327 g/mol. The molecule has 0 atom stereocenters. The van der Waals surface area contributed by atoms with Gasteiger partial charge in [-0.1, -0.05) is 29.3 Å². The van der Waals surface area contributed by atoms with E-state index in [1.54, 1.807) is 18.2 Å². The summed E-state index contributed by atoms with van der Waals surface area (Å²) in [6.07, 6.45) is 0. The molecule has 2 N–H and O–H groups in total. The third-order valence-corrected chi connectivity index (χ3v) is 3.58. The Balaban J connectivity index is 2.12. The summed E-state index contributed by atoms with van der Waals surface area (Å²) >= 11 is 11.8. The van der Waals surface area contributed by atoms with Gasteiger partial charge in [0.1, 0.15) is 12.4 Å². The van der Waals surface area contributed by atoms with Crippen LogP contribution in [0.15, 0.2) is 30.3 Å². The molecule has 0 fully saturated rings. The van der Waals surface area contributed by atoms with E-state index in [1.807, 2.05) is 0 Å². The first-order valence-electron chi connectivity index (χ1n) is 6.05. The van der Waals surface area contributed by atoms with Gasteiger partial charge in [0.05, 0.1) is 5.56 Å². The van der Waals surface area contributed by atoms with Crippen LogP contribution in [0.4, 0.5) is 10.1 Å². The second-order valence-electron chi connectivity index (χ2n) is 4.48. The summed E-state index contributed by atoms with van der Waals surface area (Å²) in [6.45, 7) is 1.50. The molecule has 0 aliphatic carbocycles. The van der Waals surface area contributed by atoms with Crippen molar-refractivity contribution in [1.29, 1.82) is 0 Å². The Labute approximate surface area is 131 Å². The smallest absolute Gasteiger partial charge is 0.338 e. The molecule has 2 aromatic carbocycles. The standard InChI is InChI=1S/C15H12Cl2FNO2/c1-8-13(18)4-10(5-14(8)19)15(20)21-7-9-2-3-11(16)6-12(9)17/h2-6H,7,19H2,1H3. The molecule has 2 rings (SSSR count). The molecule has 0 aromatic heterocycles. The molecular formula is C15H12Cl2FNO2. The zero-order valence-electron chi connectivity index (χ0n) is 11.1. The maximum atomic E-state index is 13.5. The molecule has 0 aliphatic heterocycles. The Bertz CT molecular complexity index is 681. The first-order valence-corrected chi connectivity index (χ1v) is 6.80. The summed E-state index contributed by atoms with van der Waals surface area (Å²) in [6, 6.07) is 7.32. The molecule has 0 aliphatic rings. The van der Waals surface area contributed by atoms with E-state index in [1.165, 1.54) is 13.0 Å². The van der Waals surface area contributed by atoms with Crippen molar-refractivity contribution in [2.45, 2.75) is 13.5 Å². The second-order valence-corrected chi connectivity index (χ2v) is 5.33. The third kappa shape index (κ3) is 3.65. The van der Waals surface area contributed by atoms with Gasteiger partial charge in [0.2, 0.25) is 0 Å². The number of hydrogen-bond acceptors (Lipinski definition) is 3. The fraction of sp³-hybridized carbons (Fsp3) is 0.133. The van der Waals surface area contributed by atoms with Crippen molar-refractivity contribution in [3.63, 3.8) is 0 Å². The van der Waals surface area contributed by atoms with Gasteiger partial charge in [0.15, 0.2) is 0 Å². The predicted molar refractivity (Wildman–Crippen MR) is 81.1 cm³/mol. The van der Waals surface area contributed by atoms with Crippen LogP contribution in [0.5, 0.6) is 0 Å². The second kappa shape index (κ2) is 6.33. The van der Waals surface area contributed by atoms with E-state index in [0.717, 1.165) is 6.07 Å². The number of nitrogens with two attached hydrogens (primary N) is 1. The Morgan fingerprint density at radius 2 is 2.00 bits per heavy atom. The van der Waals surface area contributed by atoms with Crippen molar-refractivity contribution >= 4 is 34.9 Å². The lowest BCUT2D eigenvalue weighted by molar-refractivity contribution is 0.0472. The largest absolute Gasteiger partial charge is 0.457 e. The minimum absolute atomic E-state index is 0.0375. The van der Waals surface area contributed by atoms with Gasteiger partial charge in [-0.15, -0.1) is 0 Å². The van der Waals surface area contributed by atoms with Gasteiger partial charge in [0.25, 0.3) is 0 Å². The van der Waals surface area contributed by atoms with Gasteiger partial charge in [-0.3, -0.25) is 0 Å². The van der Waals surface area contributed by atoms with Gasteiger partial charge in [-0.2, -0.15) is 0 Å². The van der Waals surface area contributed by atoms with Crippen molar-refractivity contribution in [3.8, 4) is 0 Å². The maximum absolute atomic E-state index is 13.5. The van der Waals surface area contributed by atoms with Gasteiger partial charge < -0.3 is 10.5 Å². The molecule has 3 nitrogen and oxygen atoms in total. The SMILES string of the molecule is Cc1c(N)cc(C(=O)OCc2ccc(Cl)cc2Cl)cc1F. The molecule has 0 unspecified atom stereocenters. The summed E-state index contributed by atoms with van der Waals surface area (Å²) in [7, 11) is 0. The lowest BCUT2D eigenvalue weighted by Gasteiger charge is -2.09. The topological polar surface area (TPSA) is 52.3 Å². The number of hydrogen-bond donors (Lipinski definition) is 1. The number of anilines is 1. The summed E-state index contributed by atoms with van der Waals surface area (Å²) in [5, 5.41) is 0.883. The van der Waals surface area contributed by atoms with Crippen molar-refractivity contribution in [3.05, 3.63) is 62.9 Å². The summed E-state index contributed by atoms with van der Waals surface area (Å²) in [5.74, 6) is -1.22. The predicted octanol–water partition coefficient (Wildman–Crippen LogP) is 4.38. The quantitative estimate of drug-likeness (QED) is 0.672. The molecular weight excluding hydrogens is 316 g/mol. The molecule has 21 heavy (non-hydrogen) atoms. The van der Waals surface area contributed by atoms with Crippen molar-refractivity contribution in [2.75, 3.05) is 5.73 Å². The van der Waals surface area contributed by atoms with Crippen LogP contribution >= 0.6 is 23.2 Å². The number of benzene rings is 2. The van der Waals surface area contributed by atoms with Crippen LogP contribution in [0.1, 0.15) is 21.5 Å². The number of esters is 1. The van der Waals surface area contributed by atoms with Crippen LogP contribution in [-0.4, -0.2) is 5.97 Å². The van der Waals surface area contributed by atoms with E-state index >= 15 is 0 Å². The van der Waals surface area contributed by atoms with Crippen LogP contribution < -0.4 is 5.73 Å². The summed E-state index contributed by atoms with van der Waals surface area (Å²) in [4.78, 5) is 11.9. The Morgan fingerprint density at radius 1 is 1.29 bits per heavy atom. The number of rotatable bonds is 3. The van der Waals surface area contributed by atoms with Gasteiger partial charge in [-0.05, 0) is 31.2 Å². The lowest BCUT2D eigenvalue weighted by Crippen LogP contribution is -2.08. The van der Waals surface area contributed by atoms with Crippen LogP contribution in [0.25, 0.3) is 0 Å².